The maximum absolute atomic E-state index is 13.7. The fourth-order valence-corrected chi connectivity index (χ4v) is 4.07. The molecule has 2 aromatic heterocycles. The third-order valence-corrected chi connectivity index (χ3v) is 5.47. The zero-order chi connectivity index (χ0) is 20.1. The van der Waals surface area contributed by atoms with E-state index in [9.17, 15) is 13.6 Å². The van der Waals surface area contributed by atoms with Gasteiger partial charge in [0.15, 0.2) is 11.4 Å². The van der Waals surface area contributed by atoms with Gasteiger partial charge >= 0.3 is 0 Å². The second-order valence-corrected chi connectivity index (χ2v) is 7.61. The number of hydrogen-bond acceptors (Lipinski definition) is 3. The third kappa shape index (κ3) is 3.19. The summed E-state index contributed by atoms with van der Waals surface area (Å²) >= 11 is 6.11. The van der Waals surface area contributed by atoms with Crippen molar-refractivity contribution < 1.29 is 13.6 Å². The lowest BCUT2D eigenvalue weighted by atomic mass is 9.82. The largest absolute Gasteiger partial charge is 0.294 e. The van der Waals surface area contributed by atoms with Crippen LogP contribution in [0.4, 0.5) is 8.78 Å². The molecule has 2 aromatic carbocycles. The lowest BCUT2D eigenvalue weighted by Gasteiger charge is -2.23. The van der Waals surface area contributed by atoms with Crippen LogP contribution >= 0.6 is 11.6 Å². The molecule has 5 rings (SSSR count). The summed E-state index contributed by atoms with van der Waals surface area (Å²) in [5, 5.41) is 4.93. The van der Waals surface area contributed by atoms with Crippen LogP contribution in [0.2, 0.25) is 5.02 Å². The second-order valence-electron chi connectivity index (χ2n) is 7.17. The van der Waals surface area contributed by atoms with Gasteiger partial charge in [-0.3, -0.25) is 4.79 Å². The van der Waals surface area contributed by atoms with Crippen molar-refractivity contribution in [3.05, 3.63) is 88.3 Å². The number of carbonyl (C=O) groups is 1. The molecule has 0 amide bonds. The molecule has 1 unspecified atom stereocenters. The fourth-order valence-electron chi connectivity index (χ4n) is 3.88. The van der Waals surface area contributed by atoms with Crippen molar-refractivity contribution >= 4 is 23.0 Å². The quantitative estimate of drug-likeness (QED) is 0.455. The normalized spacial score (nSPS) is 16.2. The molecule has 0 saturated carbocycles. The average molecular weight is 410 g/mol. The number of halogens is 3. The van der Waals surface area contributed by atoms with E-state index < -0.39 is 11.6 Å². The number of carbonyl (C=O) groups excluding carboxylic acids is 1. The first-order valence-electron chi connectivity index (χ1n) is 9.10. The molecule has 0 radical (unpaired) electrons. The number of rotatable bonds is 2. The summed E-state index contributed by atoms with van der Waals surface area (Å²) < 4.78 is 28.9. The molecular weight excluding hydrogens is 396 g/mol. The maximum atomic E-state index is 13.7. The van der Waals surface area contributed by atoms with Crippen LogP contribution in [-0.4, -0.2) is 20.4 Å². The van der Waals surface area contributed by atoms with Crippen molar-refractivity contribution in [1.29, 1.82) is 0 Å². The van der Waals surface area contributed by atoms with E-state index in [1.807, 2.05) is 18.2 Å². The molecule has 0 saturated heterocycles. The Balaban J connectivity index is 1.60. The highest BCUT2D eigenvalue weighted by Gasteiger charge is 2.29. The van der Waals surface area contributed by atoms with Gasteiger partial charge in [-0.15, -0.1) is 0 Å². The predicted molar refractivity (Wildman–Crippen MR) is 105 cm³/mol. The van der Waals surface area contributed by atoms with E-state index in [1.165, 1.54) is 12.1 Å². The van der Waals surface area contributed by atoms with E-state index in [0.717, 1.165) is 17.2 Å². The Hall–Kier alpha value is -3.12. The van der Waals surface area contributed by atoms with Crippen LogP contribution in [0.3, 0.4) is 0 Å². The fraction of sp³-hybridized carbons (Fsp3) is 0.136. The van der Waals surface area contributed by atoms with Crippen LogP contribution < -0.4 is 0 Å². The van der Waals surface area contributed by atoms with Gasteiger partial charge in [-0.05, 0) is 47.7 Å². The number of hydrogen-bond donors (Lipinski definition) is 0. The molecule has 0 aliphatic heterocycles. The van der Waals surface area contributed by atoms with E-state index in [4.69, 9.17) is 16.6 Å². The summed E-state index contributed by atoms with van der Waals surface area (Å²) in [5.41, 5.74) is 3.82. The van der Waals surface area contributed by atoms with E-state index in [2.05, 4.69) is 5.10 Å². The van der Waals surface area contributed by atoms with Crippen LogP contribution in [-0.2, 0) is 6.42 Å². The van der Waals surface area contributed by atoms with Crippen LogP contribution in [0.5, 0.6) is 0 Å². The lowest BCUT2D eigenvalue weighted by molar-refractivity contribution is 0.0962. The summed E-state index contributed by atoms with van der Waals surface area (Å²) in [5.74, 6) is -1.75. The molecule has 4 nitrogen and oxygen atoms in total. The molecular formula is C22H14ClF2N3O. The predicted octanol–water partition coefficient (Wildman–Crippen LogP) is 5.24. The zero-order valence-corrected chi connectivity index (χ0v) is 15.8. The number of fused-ring (bicyclic) bond motifs is 2. The molecule has 0 bridgehead atoms. The van der Waals surface area contributed by atoms with Crippen molar-refractivity contribution in [2.75, 3.05) is 0 Å². The van der Waals surface area contributed by atoms with Gasteiger partial charge in [0.1, 0.15) is 11.6 Å². The van der Waals surface area contributed by atoms with Gasteiger partial charge in [0.05, 0.1) is 17.5 Å². The monoisotopic (exact) mass is 409 g/mol. The van der Waals surface area contributed by atoms with Crippen molar-refractivity contribution in [2.45, 2.75) is 18.8 Å². The smallest absolute Gasteiger partial charge is 0.166 e. The Morgan fingerprint density at radius 3 is 2.59 bits per heavy atom. The maximum Gasteiger partial charge on any atom is 0.166 e. The highest BCUT2D eigenvalue weighted by molar-refractivity contribution is 6.30. The number of ketones is 1. The van der Waals surface area contributed by atoms with Gasteiger partial charge in [-0.25, -0.2) is 18.3 Å². The van der Waals surface area contributed by atoms with E-state index >= 15 is 0 Å². The molecule has 1 atom stereocenters. The molecule has 144 valence electrons. The molecule has 1 aliphatic rings. The van der Waals surface area contributed by atoms with Gasteiger partial charge in [-0.2, -0.15) is 5.10 Å². The molecule has 0 fully saturated rings. The van der Waals surface area contributed by atoms with Crippen LogP contribution in [0.15, 0.2) is 54.9 Å². The molecule has 1 aliphatic carbocycles. The van der Waals surface area contributed by atoms with Crippen molar-refractivity contribution in [1.82, 2.24) is 14.6 Å². The van der Waals surface area contributed by atoms with E-state index in [0.29, 0.717) is 33.9 Å². The van der Waals surface area contributed by atoms with Gasteiger partial charge in [0.2, 0.25) is 0 Å². The number of Topliss-reactive ketones (excluding diaryl/α,β-unsaturated/α-hetero) is 1. The molecule has 2 heterocycles. The highest BCUT2D eigenvalue weighted by atomic mass is 35.5. The minimum atomic E-state index is -0.652. The van der Waals surface area contributed by atoms with Crippen molar-refractivity contribution in [3.8, 4) is 11.1 Å². The van der Waals surface area contributed by atoms with Gasteiger partial charge < -0.3 is 0 Å². The Kier molecular flexibility index (Phi) is 4.17. The SMILES string of the molecule is O=C1CC(c2cc(F)cc(F)c2)Cc2nc3c(-c4cccc(Cl)c4)cnn3cc21. The van der Waals surface area contributed by atoms with Crippen LogP contribution in [0.25, 0.3) is 16.8 Å². The summed E-state index contributed by atoms with van der Waals surface area (Å²) in [6.45, 7) is 0. The Morgan fingerprint density at radius 1 is 1.03 bits per heavy atom. The first-order valence-corrected chi connectivity index (χ1v) is 9.48. The standard InChI is InChI=1S/C22H14ClF2N3O/c23-15-3-1-2-12(4-15)18-10-26-28-11-19-20(27-22(18)28)7-14(8-21(19)29)13-5-16(24)9-17(25)6-13/h1-6,9-11,14H,7-8H2. The topological polar surface area (TPSA) is 47.3 Å². The minimum absolute atomic E-state index is 0.116. The molecule has 4 aromatic rings. The molecule has 0 spiro atoms. The number of benzene rings is 2. The summed E-state index contributed by atoms with van der Waals surface area (Å²) in [6, 6.07) is 10.7. The van der Waals surface area contributed by atoms with Crippen LogP contribution in [0.1, 0.15) is 34.0 Å². The number of aromatic nitrogens is 3. The highest BCUT2D eigenvalue weighted by Crippen LogP contribution is 2.34. The third-order valence-electron chi connectivity index (χ3n) is 5.24. The first-order chi connectivity index (χ1) is 14.0. The Morgan fingerprint density at radius 2 is 1.83 bits per heavy atom. The lowest BCUT2D eigenvalue weighted by Crippen LogP contribution is -2.21. The average Bonchev–Trinajstić information content (AvgIpc) is 3.08. The zero-order valence-electron chi connectivity index (χ0n) is 15.1. The van der Waals surface area contributed by atoms with Gasteiger partial charge in [0.25, 0.3) is 0 Å². The molecule has 29 heavy (non-hydrogen) atoms. The molecule has 7 heteroatoms. The van der Waals surface area contributed by atoms with E-state index in [1.54, 1.807) is 23.0 Å². The summed E-state index contributed by atoms with van der Waals surface area (Å²) in [4.78, 5) is 17.4. The van der Waals surface area contributed by atoms with Crippen LogP contribution in [0, 0.1) is 11.6 Å². The summed E-state index contributed by atoms with van der Waals surface area (Å²) in [7, 11) is 0. The number of nitrogens with zero attached hydrogens (tertiary/aromatic N) is 3. The van der Waals surface area contributed by atoms with Gasteiger partial charge in [-0.1, -0.05) is 23.7 Å². The van der Waals surface area contributed by atoms with E-state index in [-0.39, 0.29) is 18.1 Å². The summed E-state index contributed by atoms with van der Waals surface area (Å²) in [6.07, 6.45) is 3.95. The van der Waals surface area contributed by atoms with Crippen molar-refractivity contribution in [2.24, 2.45) is 0 Å². The Labute approximate surface area is 169 Å². The second kappa shape index (κ2) is 6.74. The molecule has 0 N–H and O–H groups in total. The van der Waals surface area contributed by atoms with Crippen molar-refractivity contribution in [3.63, 3.8) is 0 Å². The Bertz CT molecular complexity index is 1260. The van der Waals surface area contributed by atoms with Gasteiger partial charge in [0, 0.05) is 29.3 Å². The minimum Gasteiger partial charge on any atom is -0.294 e. The first kappa shape index (κ1) is 17.9.